The highest BCUT2D eigenvalue weighted by Crippen LogP contribution is 2.22. The number of thioether (sulfide) groups is 1. The molecule has 1 heterocycles. The van der Waals surface area contributed by atoms with Crippen molar-refractivity contribution in [1.82, 2.24) is 20.1 Å². The Morgan fingerprint density at radius 1 is 1.17 bits per heavy atom. The maximum atomic E-state index is 12.6. The van der Waals surface area contributed by atoms with Gasteiger partial charge in [0.25, 0.3) is 5.91 Å². The van der Waals surface area contributed by atoms with Crippen LogP contribution in [0.3, 0.4) is 0 Å². The van der Waals surface area contributed by atoms with E-state index in [0.29, 0.717) is 33.8 Å². The maximum absolute atomic E-state index is 12.6. The topological polar surface area (TPSA) is 115 Å². The number of hydrogen-bond acceptors (Lipinski definition) is 7. The van der Waals surface area contributed by atoms with Crippen molar-refractivity contribution in [2.45, 2.75) is 24.7 Å². The summed E-state index contributed by atoms with van der Waals surface area (Å²) in [5.41, 5.74) is 1.09. The summed E-state index contributed by atoms with van der Waals surface area (Å²) in [6, 6.07) is 12.7. The highest BCUT2D eigenvalue weighted by Gasteiger charge is 2.21. The molecule has 1 aromatic heterocycles. The predicted molar refractivity (Wildman–Crippen MR) is 135 cm³/mol. The van der Waals surface area contributed by atoms with Crippen molar-refractivity contribution >= 4 is 46.8 Å². The first-order chi connectivity index (χ1) is 16.8. The highest BCUT2D eigenvalue weighted by atomic mass is 35.5. The van der Waals surface area contributed by atoms with E-state index >= 15 is 0 Å². The molecule has 182 valence electrons. The lowest BCUT2D eigenvalue weighted by molar-refractivity contribution is -0.113. The van der Waals surface area contributed by atoms with Crippen LogP contribution in [0.5, 0.6) is 0 Å². The molecular weight excluding hydrogens is 490 g/mol. The van der Waals surface area contributed by atoms with Crippen LogP contribution in [0.15, 0.2) is 66.3 Å². The third kappa shape index (κ3) is 6.71. The van der Waals surface area contributed by atoms with Gasteiger partial charge in [-0.25, -0.2) is 4.79 Å². The van der Waals surface area contributed by atoms with E-state index in [1.807, 2.05) is 0 Å². The summed E-state index contributed by atoms with van der Waals surface area (Å²) in [5, 5.41) is 15.1. The van der Waals surface area contributed by atoms with Crippen molar-refractivity contribution in [3.63, 3.8) is 0 Å². The van der Waals surface area contributed by atoms with Gasteiger partial charge < -0.3 is 19.9 Å². The van der Waals surface area contributed by atoms with E-state index in [1.165, 1.54) is 18.9 Å². The molecule has 0 aliphatic rings. The first kappa shape index (κ1) is 26.0. The lowest BCUT2D eigenvalue weighted by Crippen LogP contribution is -2.28. The number of hydrogen-bond donors (Lipinski definition) is 2. The summed E-state index contributed by atoms with van der Waals surface area (Å²) in [5.74, 6) is -0.605. The third-order valence-corrected chi connectivity index (χ3v) is 6.06. The van der Waals surface area contributed by atoms with Crippen LogP contribution in [-0.4, -0.2) is 45.4 Å². The SMILES string of the molecule is C=CCn1c(SCC(=O)Nc2ccccc2C(=O)OC)nnc1[C@@H](C)NC(=O)c1ccc(Cl)cc1. The van der Waals surface area contributed by atoms with Gasteiger partial charge in [-0.1, -0.05) is 41.6 Å². The molecule has 2 amide bonds. The minimum atomic E-state index is -0.543. The molecule has 0 saturated heterocycles. The number of ether oxygens (including phenoxy) is 1. The number of nitrogens with one attached hydrogen (secondary N) is 2. The van der Waals surface area contributed by atoms with Crippen LogP contribution in [0.25, 0.3) is 0 Å². The van der Waals surface area contributed by atoms with Crippen LogP contribution in [-0.2, 0) is 16.1 Å². The van der Waals surface area contributed by atoms with Crippen molar-refractivity contribution in [2.24, 2.45) is 0 Å². The van der Waals surface area contributed by atoms with E-state index in [-0.39, 0.29) is 23.1 Å². The van der Waals surface area contributed by atoms with Crippen LogP contribution in [0.1, 0.15) is 39.5 Å². The number of carbonyl (C=O) groups excluding carboxylic acids is 3. The second-order valence-electron chi connectivity index (χ2n) is 7.32. The number of rotatable bonds is 10. The number of allylic oxidation sites excluding steroid dienone is 1. The molecular formula is C24H24ClN5O4S. The highest BCUT2D eigenvalue weighted by molar-refractivity contribution is 7.99. The Labute approximate surface area is 211 Å². The van der Waals surface area contributed by atoms with Crippen LogP contribution in [0.4, 0.5) is 5.69 Å². The number of anilines is 1. The average molecular weight is 514 g/mol. The normalized spacial score (nSPS) is 11.4. The fourth-order valence-corrected chi connectivity index (χ4v) is 4.05. The molecule has 0 saturated carbocycles. The average Bonchev–Trinajstić information content (AvgIpc) is 3.26. The lowest BCUT2D eigenvalue weighted by Gasteiger charge is -2.15. The number of methoxy groups -OCH3 is 1. The van der Waals surface area contributed by atoms with Crippen molar-refractivity contribution in [3.8, 4) is 0 Å². The molecule has 2 N–H and O–H groups in total. The van der Waals surface area contributed by atoms with E-state index in [0.717, 1.165) is 0 Å². The van der Waals surface area contributed by atoms with Crippen molar-refractivity contribution in [2.75, 3.05) is 18.2 Å². The molecule has 3 aromatic rings. The van der Waals surface area contributed by atoms with Gasteiger partial charge in [0.15, 0.2) is 11.0 Å². The van der Waals surface area contributed by atoms with E-state index in [9.17, 15) is 14.4 Å². The summed E-state index contributed by atoms with van der Waals surface area (Å²) in [6.45, 7) is 5.95. The molecule has 0 bridgehead atoms. The summed E-state index contributed by atoms with van der Waals surface area (Å²) in [4.78, 5) is 37.1. The van der Waals surface area contributed by atoms with E-state index in [4.69, 9.17) is 16.3 Å². The molecule has 0 aliphatic carbocycles. The van der Waals surface area contributed by atoms with Crippen molar-refractivity contribution < 1.29 is 19.1 Å². The number of amides is 2. The fraction of sp³-hybridized carbons (Fsp3) is 0.208. The zero-order chi connectivity index (χ0) is 25.4. The quantitative estimate of drug-likeness (QED) is 0.238. The second-order valence-corrected chi connectivity index (χ2v) is 8.70. The lowest BCUT2D eigenvalue weighted by atomic mass is 10.2. The minimum Gasteiger partial charge on any atom is -0.465 e. The minimum absolute atomic E-state index is 0.0241. The van der Waals surface area contributed by atoms with E-state index in [1.54, 1.807) is 66.1 Å². The molecule has 0 radical (unpaired) electrons. The Hall–Kier alpha value is -3.63. The van der Waals surface area contributed by atoms with Gasteiger partial charge in [-0.15, -0.1) is 16.8 Å². The van der Waals surface area contributed by atoms with Gasteiger partial charge in [-0.2, -0.15) is 0 Å². The predicted octanol–water partition coefficient (Wildman–Crippen LogP) is 4.13. The van der Waals surface area contributed by atoms with Gasteiger partial charge in [-0.3, -0.25) is 9.59 Å². The molecule has 11 heteroatoms. The Balaban J connectivity index is 1.68. The molecule has 9 nitrogen and oxygen atoms in total. The number of carbonyl (C=O) groups is 3. The molecule has 3 rings (SSSR count). The third-order valence-electron chi connectivity index (χ3n) is 4.84. The Bertz CT molecular complexity index is 1230. The second kappa shape index (κ2) is 12.2. The van der Waals surface area contributed by atoms with E-state index in [2.05, 4.69) is 27.4 Å². The molecule has 2 aromatic carbocycles. The first-order valence-electron chi connectivity index (χ1n) is 10.5. The van der Waals surface area contributed by atoms with Crippen molar-refractivity contribution in [3.05, 3.63) is 83.2 Å². The summed E-state index contributed by atoms with van der Waals surface area (Å²) >= 11 is 7.06. The number of aromatic nitrogens is 3. The standard InChI is InChI=1S/C24H24ClN5O4S/c1-4-13-30-21(15(2)26-22(32)16-9-11-17(25)12-10-16)28-29-24(30)35-14-20(31)27-19-8-6-5-7-18(19)23(33)34-3/h4-12,15H,1,13-14H2,2-3H3,(H,26,32)(H,27,31)/t15-/m1/s1. The van der Waals surface area contributed by atoms with Gasteiger partial charge in [0.1, 0.15) is 0 Å². The Kier molecular flexibility index (Phi) is 9.04. The van der Waals surface area contributed by atoms with Crippen LogP contribution < -0.4 is 10.6 Å². The molecule has 0 unspecified atom stereocenters. The number of esters is 1. The van der Waals surface area contributed by atoms with Gasteiger partial charge in [0.05, 0.1) is 30.2 Å². The number of para-hydroxylation sites is 1. The Morgan fingerprint density at radius 3 is 2.57 bits per heavy atom. The zero-order valence-corrected chi connectivity index (χ0v) is 20.7. The molecule has 0 aliphatic heterocycles. The summed E-state index contributed by atoms with van der Waals surface area (Å²) in [6.07, 6.45) is 1.68. The number of nitrogens with zero attached hydrogens (tertiary/aromatic N) is 3. The summed E-state index contributed by atoms with van der Waals surface area (Å²) in [7, 11) is 1.28. The first-order valence-corrected chi connectivity index (χ1v) is 11.9. The molecule has 1 atom stereocenters. The van der Waals surface area contributed by atoms with E-state index < -0.39 is 12.0 Å². The van der Waals surface area contributed by atoms with Gasteiger partial charge in [-0.05, 0) is 43.3 Å². The van der Waals surface area contributed by atoms with Crippen LogP contribution in [0, 0.1) is 0 Å². The molecule has 35 heavy (non-hydrogen) atoms. The molecule has 0 fully saturated rings. The van der Waals surface area contributed by atoms with Crippen LogP contribution in [0.2, 0.25) is 5.02 Å². The zero-order valence-electron chi connectivity index (χ0n) is 19.2. The molecule has 0 spiro atoms. The van der Waals surface area contributed by atoms with Crippen molar-refractivity contribution in [1.29, 1.82) is 0 Å². The number of benzene rings is 2. The smallest absolute Gasteiger partial charge is 0.339 e. The van der Waals surface area contributed by atoms with Gasteiger partial charge >= 0.3 is 5.97 Å². The summed E-state index contributed by atoms with van der Waals surface area (Å²) < 4.78 is 6.53. The maximum Gasteiger partial charge on any atom is 0.339 e. The number of halogens is 1. The fourth-order valence-electron chi connectivity index (χ4n) is 3.17. The largest absolute Gasteiger partial charge is 0.465 e. The monoisotopic (exact) mass is 513 g/mol. The van der Waals surface area contributed by atoms with Gasteiger partial charge in [0, 0.05) is 17.1 Å². The Morgan fingerprint density at radius 2 is 1.89 bits per heavy atom. The van der Waals surface area contributed by atoms with Crippen LogP contribution >= 0.6 is 23.4 Å². The van der Waals surface area contributed by atoms with Gasteiger partial charge in [0.2, 0.25) is 5.91 Å².